The fourth-order valence-electron chi connectivity index (χ4n) is 2.83. The van der Waals surface area contributed by atoms with E-state index in [-0.39, 0.29) is 20.5 Å². The van der Waals surface area contributed by atoms with Crippen molar-refractivity contribution in [3.05, 3.63) is 47.5 Å². The Kier molecular flexibility index (Phi) is 7.50. The molecule has 0 fully saturated rings. The highest BCUT2D eigenvalue weighted by Gasteiger charge is 2.55. The summed E-state index contributed by atoms with van der Waals surface area (Å²) < 4.78 is 65.1. The lowest BCUT2D eigenvalue weighted by molar-refractivity contribution is -0.242. The number of alkyl halides is 3. The highest BCUT2D eigenvalue weighted by molar-refractivity contribution is 7.91. The van der Waals surface area contributed by atoms with E-state index < -0.39 is 27.5 Å². The fraction of sp³-hybridized carbons (Fsp3) is 0.350. The first-order valence-corrected chi connectivity index (χ1v) is 11.2. The second-order valence-electron chi connectivity index (χ2n) is 7.20. The summed E-state index contributed by atoms with van der Waals surface area (Å²) in [6.45, 7) is 2.65. The lowest BCUT2D eigenvalue weighted by Gasteiger charge is -2.31. The van der Waals surface area contributed by atoms with Gasteiger partial charge in [0.05, 0.1) is 26.2 Å². The Morgan fingerprint density at radius 3 is 2.25 bits per heavy atom. The molecule has 176 valence electrons. The number of carbonyl (C=O) groups excluding carboxylic acids is 1. The summed E-state index contributed by atoms with van der Waals surface area (Å²) >= 11 is 6.05. The average Bonchev–Trinajstić information content (AvgIpc) is 2.69. The highest BCUT2D eigenvalue weighted by Crippen LogP contribution is 2.35. The molecule has 2 N–H and O–H groups in total. The number of hydrogen-bond donors (Lipinski definition) is 2. The van der Waals surface area contributed by atoms with Crippen LogP contribution < -0.4 is 10.3 Å². The van der Waals surface area contributed by atoms with E-state index in [1.165, 1.54) is 6.07 Å². The smallest absolute Gasteiger partial charge is 0.373 e. The number of hydrazine groups is 1. The number of rotatable bonds is 7. The van der Waals surface area contributed by atoms with Gasteiger partial charge in [-0.15, -0.1) is 0 Å². The molecule has 7 nitrogen and oxygen atoms in total. The van der Waals surface area contributed by atoms with Gasteiger partial charge in [0.2, 0.25) is 15.4 Å². The zero-order chi connectivity index (χ0) is 24.5. The summed E-state index contributed by atoms with van der Waals surface area (Å²) in [7, 11) is -0.550. The van der Waals surface area contributed by atoms with Crippen molar-refractivity contribution in [1.29, 1.82) is 0 Å². The zero-order valence-corrected chi connectivity index (χ0v) is 19.3. The van der Waals surface area contributed by atoms with Crippen LogP contribution in [0.4, 0.5) is 24.5 Å². The van der Waals surface area contributed by atoms with Crippen molar-refractivity contribution < 1.29 is 31.5 Å². The molecule has 0 unspecified atom stereocenters. The minimum atomic E-state index is -5.21. The molecule has 0 spiro atoms. The van der Waals surface area contributed by atoms with Crippen molar-refractivity contribution in [2.75, 3.05) is 31.0 Å². The van der Waals surface area contributed by atoms with Crippen LogP contribution in [-0.2, 0) is 14.6 Å². The lowest BCUT2D eigenvalue weighted by atomic mass is 10.1. The van der Waals surface area contributed by atoms with Gasteiger partial charge in [-0.2, -0.15) is 13.2 Å². The van der Waals surface area contributed by atoms with Gasteiger partial charge >= 0.3 is 6.18 Å². The summed E-state index contributed by atoms with van der Waals surface area (Å²) in [4.78, 5) is 11.7. The number of nitrogens with one attached hydrogen (secondary N) is 1. The molecule has 0 saturated heterocycles. The van der Waals surface area contributed by atoms with Crippen molar-refractivity contribution in [3.63, 3.8) is 0 Å². The van der Waals surface area contributed by atoms with Gasteiger partial charge in [-0.3, -0.25) is 4.79 Å². The van der Waals surface area contributed by atoms with Crippen LogP contribution in [0, 0.1) is 0 Å². The maximum absolute atomic E-state index is 13.3. The Morgan fingerprint density at radius 2 is 1.75 bits per heavy atom. The van der Waals surface area contributed by atoms with Crippen molar-refractivity contribution in [3.8, 4) is 0 Å². The van der Waals surface area contributed by atoms with E-state index in [1.54, 1.807) is 42.3 Å². The number of amides is 1. The maximum atomic E-state index is 13.3. The first kappa shape index (κ1) is 25.9. The summed E-state index contributed by atoms with van der Waals surface area (Å²) in [5.74, 6) is -1.75. The van der Waals surface area contributed by atoms with Gasteiger partial charge in [0, 0.05) is 20.6 Å². The van der Waals surface area contributed by atoms with Crippen molar-refractivity contribution in [2.24, 2.45) is 0 Å². The van der Waals surface area contributed by atoms with Crippen LogP contribution in [0.5, 0.6) is 0 Å². The van der Waals surface area contributed by atoms with E-state index in [1.807, 2.05) is 12.2 Å². The van der Waals surface area contributed by atoms with E-state index in [2.05, 4.69) is 0 Å². The van der Waals surface area contributed by atoms with E-state index in [0.717, 1.165) is 18.2 Å². The Labute approximate surface area is 189 Å². The molecule has 0 aliphatic heterocycles. The van der Waals surface area contributed by atoms with Crippen LogP contribution in [0.2, 0.25) is 5.02 Å². The first-order chi connectivity index (χ1) is 14.6. The Hall–Kier alpha value is -2.34. The molecular weight excluding hydrogens is 471 g/mol. The number of sulfone groups is 1. The largest absolute Gasteiger partial charge is 0.426 e. The average molecular weight is 494 g/mol. The number of para-hydroxylation sites is 1. The van der Waals surface area contributed by atoms with Crippen molar-refractivity contribution in [2.45, 2.75) is 35.4 Å². The predicted octanol–water partition coefficient (Wildman–Crippen LogP) is 3.73. The number of anilines is 2. The van der Waals surface area contributed by atoms with Crippen molar-refractivity contribution in [1.82, 2.24) is 5.01 Å². The molecule has 1 amide bonds. The third-order valence-electron chi connectivity index (χ3n) is 4.71. The second-order valence-corrected chi connectivity index (χ2v) is 9.53. The van der Waals surface area contributed by atoms with Crippen LogP contribution >= 0.6 is 11.6 Å². The van der Waals surface area contributed by atoms with Gasteiger partial charge in [-0.1, -0.05) is 23.7 Å². The number of carbonyl (C=O) groups is 1. The van der Waals surface area contributed by atoms with E-state index in [9.17, 15) is 31.5 Å². The normalized spacial score (nSPS) is 14.2. The van der Waals surface area contributed by atoms with E-state index in [0.29, 0.717) is 19.2 Å². The van der Waals surface area contributed by atoms with Crippen LogP contribution in [-0.4, -0.2) is 56.9 Å². The molecule has 0 saturated carbocycles. The minimum Gasteiger partial charge on any atom is -0.373 e. The quantitative estimate of drug-likeness (QED) is 0.571. The summed E-state index contributed by atoms with van der Waals surface area (Å²) in [6.07, 6.45) is -5.21. The van der Waals surface area contributed by atoms with Gasteiger partial charge < -0.3 is 15.4 Å². The third kappa shape index (κ3) is 5.01. The standard InChI is InChI=1S/C20H23ClF3N3O4S/c1-5-27(26(3)4)16-8-6-7-9-17(16)32(30,31)13-10-11-15(14(21)12-13)25-18(28)19(2,29)20(22,23)24/h6-12,29H,5H2,1-4H3,(H,25,28)/t19-/m1/s1. The maximum Gasteiger partial charge on any atom is 0.426 e. The predicted molar refractivity (Wildman–Crippen MR) is 115 cm³/mol. The topological polar surface area (TPSA) is 90.0 Å². The van der Waals surface area contributed by atoms with E-state index >= 15 is 0 Å². The SMILES string of the molecule is CCN(c1ccccc1S(=O)(=O)c1ccc(NC(=O)[C@@](C)(O)C(F)(F)F)c(Cl)c1)N(C)C. The molecule has 0 aliphatic carbocycles. The molecule has 32 heavy (non-hydrogen) atoms. The van der Waals surface area contributed by atoms with Crippen LogP contribution in [0.25, 0.3) is 0 Å². The number of benzene rings is 2. The minimum absolute atomic E-state index is 0.00315. The Balaban J connectivity index is 2.45. The third-order valence-corrected chi connectivity index (χ3v) is 6.82. The van der Waals surface area contributed by atoms with Crippen LogP contribution in [0.15, 0.2) is 52.3 Å². The van der Waals surface area contributed by atoms with E-state index in [4.69, 9.17) is 11.6 Å². The van der Waals surface area contributed by atoms with Gasteiger partial charge in [0.15, 0.2) is 0 Å². The van der Waals surface area contributed by atoms with Gasteiger partial charge in [0.25, 0.3) is 5.91 Å². The monoisotopic (exact) mass is 493 g/mol. The molecule has 1 atom stereocenters. The zero-order valence-electron chi connectivity index (χ0n) is 17.7. The summed E-state index contributed by atoms with van der Waals surface area (Å²) in [5, 5.41) is 14.5. The first-order valence-electron chi connectivity index (χ1n) is 9.33. The molecule has 12 heteroatoms. The van der Waals surface area contributed by atoms with Gasteiger partial charge in [0.1, 0.15) is 0 Å². The molecule has 0 radical (unpaired) electrons. The second kappa shape index (κ2) is 9.26. The lowest BCUT2D eigenvalue weighted by Crippen LogP contribution is -2.52. The molecule has 2 aromatic rings. The molecule has 0 aliphatic rings. The number of aliphatic hydroxyl groups is 1. The van der Waals surface area contributed by atoms with Gasteiger partial charge in [-0.05, 0) is 44.2 Å². The number of nitrogens with zero attached hydrogens (tertiary/aromatic N) is 2. The fourth-order valence-corrected chi connectivity index (χ4v) is 4.60. The molecule has 0 heterocycles. The van der Waals surface area contributed by atoms with Crippen LogP contribution in [0.1, 0.15) is 13.8 Å². The molecule has 0 aromatic heterocycles. The molecule has 0 bridgehead atoms. The van der Waals surface area contributed by atoms with Gasteiger partial charge in [-0.25, -0.2) is 13.4 Å². The summed E-state index contributed by atoms with van der Waals surface area (Å²) in [5.41, 5.74) is -3.51. The number of hydrogen-bond acceptors (Lipinski definition) is 6. The Morgan fingerprint density at radius 1 is 1.16 bits per heavy atom. The number of halogens is 4. The molecular formula is C20H23ClF3N3O4S. The highest BCUT2D eigenvalue weighted by atomic mass is 35.5. The molecule has 2 rings (SSSR count). The summed E-state index contributed by atoms with van der Waals surface area (Å²) in [6, 6.07) is 9.53. The van der Waals surface area contributed by atoms with Crippen molar-refractivity contribution >= 4 is 38.7 Å². The Bertz CT molecular complexity index is 1110. The molecule has 2 aromatic carbocycles. The van der Waals surface area contributed by atoms with Crippen LogP contribution in [0.3, 0.4) is 0 Å².